The van der Waals surface area contributed by atoms with E-state index in [4.69, 9.17) is 0 Å². The summed E-state index contributed by atoms with van der Waals surface area (Å²) in [6.07, 6.45) is 3.92. The minimum atomic E-state index is 0.327. The maximum atomic E-state index is 9.45. The molecule has 0 unspecified atom stereocenters. The van der Waals surface area contributed by atoms with Gasteiger partial charge in [0.15, 0.2) is 0 Å². The average molecular weight is 245 g/mol. The first kappa shape index (κ1) is 12.5. The number of hydrogen-bond donors (Lipinski definition) is 2. The number of aryl methyl sites for hydroxylation is 1. The van der Waals surface area contributed by atoms with Gasteiger partial charge in [-0.05, 0) is 44.5 Å². The Labute approximate surface area is 107 Å². The van der Waals surface area contributed by atoms with Gasteiger partial charge in [-0.2, -0.15) is 5.10 Å². The van der Waals surface area contributed by atoms with Gasteiger partial charge in [0.25, 0.3) is 0 Å². The molecule has 0 bridgehead atoms. The van der Waals surface area contributed by atoms with E-state index in [1.807, 2.05) is 36.1 Å². The van der Waals surface area contributed by atoms with Crippen molar-refractivity contribution in [3.8, 4) is 5.75 Å². The van der Waals surface area contributed by atoms with Crippen LogP contribution in [-0.4, -0.2) is 14.9 Å². The first-order chi connectivity index (χ1) is 8.56. The second-order valence-corrected chi connectivity index (χ2v) is 4.78. The first-order valence-electron chi connectivity index (χ1n) is 6.13. The molecule has 1 heterocycles. The van der Waals surface area contributed by atoms with Crippen LogP contribution in [0.3, 0.4) is 0 Å². The van der Waals surface area contributed by atoms with Crippen molar-refractivity contribution in [2.75, 3.05) is 5.32 Å². The highest BCUT2D eigenvalue weighted by Crippen LogP contribution is 2.20. The van der Waals surface area contributed by atoms with Crippen molar-refractivity contribution < 1.29 is 5.11 Å². The van der Waals surface area contributed by atoms with Gasteiger partial charge in [0.2, 0.25) is 0 Å². The van der Waals surface area contributed by atoms with Gasteiger partial charge in [0.05, 0.1) is 6.20 Å². The average Bonchev–Trinajstić information content (AvgIpc) is 2.79. The highest BCUT2D eigenvalue weighted by atomic mass is 16.3. The Morgan fingerprint density at radius 2 is 2.17 bits per heavy atom. The van der Waals surface area contributed by atoms with Crippen LogP contribution >= 0.6 is 0 Å². The third-order valence-electron chi connectivity index (χ3n) is 2.88. The summed E-state index contributed by atoms with van der Waals surface area (Å²) in [5, 5.41) is 17.1. The highest BCUT2D eigenvalue weighted by Gasteiger charge is 2.02. The van der Waals surface area contributed by atoms with Crippen LogP contribution in [0.25, 0.3) is 0 Å². The van der Waals surface area contributed by atoms with E-state index < -0.39 is 0 Å². The largest absolute Gasteiger partial charge is 0.508 e. The van der Waals surface area contributed by atoms with Crippen molar-refractivity contribution in [1.82, 2.24) is 9.78 Å². The zero-order valence-corrected chi connectivity index (χ0v) is 11.0. The van der Waals surface area contributed by atoms with E-state index >= 15 is 0 Å². The second kappa shape index (κ2) is 5.12. The predicted octanol–water partition coefficient (Wildman–Crippen LogP) is 3.09. The molecule has 0 amide bonds. The second-order valence-electron chi connectivity index (χ2n) is 4.78. The number of aromatic nitrogens is 2. The molecule has 0 aliphatic rings. The smallest absolute Gasteiger partial charge is 0.118 e. The molecule has 0 saturated heterocycles. The van der Waals surface area contributed by atoms with E-state index in [1.54, 1.807) is 6.07 Å². The summed E-state index contributed by atoms with van der Waals surface area (Å²) < 4.78 is 1.94. The number of anilines is 1. The number of aromatic hydroxyl groups is 1. The number of rotatable bonds is 4. The Hall–Kier alpha value is -1.97. The Morgan fingerprint density at radius 3 is 2.78 bits per heavy atom. The third-order valence-corrected chi connectivity index (χ3v) is 2.88. The first-order valence-corrected chi connectivity index (χ1v) is 6.13. The van der Waals surface area contributed by atoms with Gasteiger partial charge in [-0.15, -0.1) is 0 Å². The third kappa shape index (κ3) is 2.83. The van der Waals surface area contributed by atoms with Crippen molar-refractivity contribution in [1.29, 1.82) is 0 Å². The fourth-order valence-corrected chi connectivity index (χ4v) is 1.72. The maximum absolute atomic E-state index is 9.45. The van der Waals surface area contributed by atoms with Crippen molar-refractivity contribution in [2.45, 2.75) is 33.4 Å². The molecule has 0 fully saturated rings. The van der Waals surface area contributed by atoms with Crippen LogP contribution < -0.4 is 5.32 Å². The zero-order chi connectivity index (χ0) is 13.1. The van der Waals surface area contributed by atoms with Crippen LogP contribution in [0, 0.1) is 6.92 Å². The van der Waals surface area contributed by atoms with E-state index in [2.05, 4.69) is 24.3 Å². The van der Waals surface area contributed by atoms with Crippen LogP contribution in [0.5, 0.6) is 5.75 Å². The summed E-state index contributed by atoms with van der Waals surface area (Å²) >= 11 is 0. The van der Waals surface area contributed by atoms with Crippen LogP contribution in [0.1, 0.15) is 31.0 Å². The van der Waals surface area contributed by atoms with Crippen molar-refractivity contribution >= 4 is 5.69 Å². The Balaban J connectivity index is 2.00. The van der Waals surface area contributed by atoms with Crippen molar-refractivity contribution in [3.05, 3.63) is 41.7 Å². The molecule has 0 atom stereocenters. The molecule has 0 radical (unpaired) electrons. The lowest BCUT2D eigenvalue weighted by Gasteiger charge is -2.07. The number of phenols is 1. The lowest BCUT2D eigenvalue weighted by molar-refractivity contribution is 0.471. The number of hydrogen-bond acceptors (Lipinski definition) is 3. The molecule has 2 N–H and O–H groups in total. The number of phenolic OH excluding ortho intramolecular Hbond substituents is 1. The van der Waals surface area contributed by atoms with Gasteiger partial charge >= 0.3 is 0 Å². The molecule has 2 aromatic rings. The molecule has 0 spiro atoms. The van der Waals surface area contributed by atoms with E-state index in [0.29, 0.717) is 11.8 Å². The summed E-state index contributed by atoms with van der Waals surface area (Å²) in [5.41, 5.74) is 3.02. The van der Waals surface area contributed by atoms with Crippen molar-refractivity contribution in [2.24, 2.45) is 0 Å². The molecule has 1 aromatic heterocycles. The molecule has 0 aliphatic carbocycles. The molecule has 1 aromatic carbocycles. The Bertz CT molecular complexity index is 532. The summed E-state index contributed by atoms with van der Waals surface area (Å²) in [6, 6.07) is 5.89. The van der Waals surface area contributed by atoms with Crippen molar-refractivity contribution in [3.63, 3.8) is 0 Å². The summed E-state index contributed by atoms with van der Waals surface area (Å²) in [7, 11) is 0. The van der Waals surface area contributed by atoms with Gasteiger partial charge in [0.1, 0.15) is 5.75 Å². The van der Waals surface area contributed by atoms with E-state index in [9.17, 15) is 5.11 Å². The summed E-state index contributed by atoms with van der Waals surface area (Å²) in [5.74, 6) is 0.327. The lowest BCUT2D eigenvalue weighted by Crippen LogP contribution is -2.01. The van der Waals surface area contributed by atoms with E-state index in [-0.39, 0.29) is 0 Å². The van der Waals surface area contributed by atoms with Crippen LogP contribution in [0.4, 0.5) is 5.69 Å². The molecule has 2 rings (SSSR count). The van der Waals surface area contributed by atoms with Gasteiger partial charge in [-0.25, -0.2) is 0 Å². The monoisotopic (exact) mass is 245 g/mol. The Morgan fingerprint density at radius 1 is 1.39 bits per heavy atom. The van der Waals surface area contributed by atoms with Crippen LogP contribution in [0.2, 0.25) is 0 Å². The maximum Gasteiger partial charge on any atom is 0.118 e. The fourth-order valence-electron chi connectivity index (χ4n) is 1.72. The molecular weight excluding hydrogens is 226 g/mol. The number of nitrogens with one attached hydrogen (secondary N) is 1. The molecule has 0 aliphatic heterocycles. The standard InChI is InChI=1S/C14H19N3O/c1-10(2)17-9-12(8-16-17)7-15-13-4-5-14(18)11(3)6-13/h4-6,8-10,15,18H,7H2,1-3H3. The normalized spacial score (nSPS) is 10.9. The molecule has 4 nitrogen and oxygen atoms in total. The number of benzene rings is 1. The van der Waals surface area contributed by atoms with Crippen LogP contribution in [0.15, 0.2) is 30.6 Å². The predicted molar refractivity (Wildman–Crippen MR) is 72.8 cm³/mol. The zero-order valence-electron chi connectivity index (χ0n) is 11.0. The molecule has 18 heavy (non-hydrogen) atoms. The SMILES string of the molecule is Cc1cc(NCc2cnn(C(C)C)c2)ccc1O. The molecule has 0 saturated carbocycles. The molecule has 4 heteroatoms. The highest BCUT2D eigenvalue weighted by molar-refractivity contribution is 5.50. The lowest BCUT2D eigenvalue weighted by atomic mass is 10.2. The van der Waals surface area contributed by atoms with Gasteiger partial charge in [0, 0.05) is 30.0 Å². The van der Waals surface area contributed by atoms with Gasteiger partial charge in [-0.1, -0.05) is 0 Å². The molecular formula is C14H19N3O. The minimum Gasteiger partial charge on any atom is -0.508 e. The van der Waals surface area contributed by atoms with E-state index in [1.165, 1.54) is 0 Å². The summed E-state index contributed by atoms with van der Waals surface area (Å²) in [6.45, 7) is 6.83. The van der Waals surface area contributed by atoms with Gasteiger partial charge in [-0.3, -0.25) is 4.68 Å². The van der Waals surface area contributed by atoms with E-state index in [0.717, 1.165) is 23.4 Å². The molecule has 96 valence electrons. The summed E-state index contributed by atoms with van der Waals surface area (Å²) in [4.78, 5) is 0. The van der Waals surface area contributed by atoms with Crippen LogP contribution in [-0.2, 0) is 6.54 Å². The minimum absolute atomic E-state index is 0.327. The quantitative estimate of drug-likeness (QED) is 0.814. The fraction of sp³-hybridized carbons (Fsp3) is 0.357. The number of nitrogens with zero attached hydrogens (tertiary/aromatic N) is 2. The Kier molecular flexibility index (Phi) is 3.55. The van der Waals surface area contributed by atoms with Gasteiger partial charge < -0.3 is 10.4 Å². The topological polar surface area (TPSA) is 50.1 Å².